The Kier molecular flexibility index (Phi) is 4.45. The van der Waals surface area contributed by atoms with E-state index in [-0.39, 0.29) is 11.6 Å². The molecule has 0 fully saturated rings. The van der Waals surface area contributed by atoms with Crippen LogP contribution in [0.25, 0.3) is 0 Å². The minimum absolute atomic E-state index is 0.00623. The minimum atomic E-state index is -0.994. The van der Waals surface area contributed by atoms with Gasteiger partial charge in [-0.1, -0.05) is 0 Å². The summed E-state index contributed by atoms with van der Waals surface area (Å²) in [4.78, 5) is 17.9. The van der Waals surface area contributed by atoms with Gasteiger partial charge in [-0.25, -0.2) is 9.78 Å². The Morgan fingerprint density at radius 1 is 1.45 bits per heavy atom. The fourth-order valence-corrected chi connectivity index (χ4v) is 3.43. The number of hydrogen-bond donors (Lipinski definition) is 2. The van der Waals surface area contributed by atoms with Gasteiger partial charge < -0.3 is 10.4 Å². The van der Waals surface area contributed by atoms with Crippen molar-refractivity contribution < 1.29 is 9.90 Å². The molecule has 0 aliphatic carbocycles. The molecule has 2 heterocycles. The van der Waals surface area contributed by atoms with E-state index in [2.05, 4.69) is 46.1 Å². The number of carboxylic acids is 1. The number of nitrogens with zero attached hydrogens (tertiary/aromatic N) is 1. The average molecular weight is 355 g/mol. The first-order valence-electron chi connectivity index (χ1n) is 6.10. The van der Waals surface area contributed by atoms with Gasteiger partial charge in [-0.3, -0.25) is 0 Å². The highest BCUT2D eigenvalue weighted by molar-refractivity contribution is 9.10. The lowest BCUT2D eigenvalue weighted by Gasteiger charge is -2.16. The molecule has 2 rings (SSSR count). The fourth-order valence-electron chi connectivity index (χ4n) is 2.08. The SMILES string of the molecule is Cc1cc(C(C)Nc2ncc(Br)cc2C(=O)O)c(C)s1. The van der Waals surface area contributed by atoms with Gasteiger partial charge >= 0.3 is 5.97 Å². The summed E-state index contributed by atoms with van der Waals surface area (Å²) < 4.78 is 0.649. The molecule has 0 aliphatic rings. The van der Waals surface area contributed by atoms with Crippen LogP contribution in [0.3, 0.4) is 0 Å². The molecule has 0 aliphatic heterocycles. The fraction of sp³-hybridized carbons (Fsp3) is 0.286. The van der Waals surface area contributed by atoms with Gasteiger partial charge in [0.2, 0.25) is 0 Å². The van der Waals surface area contributed by atoms with E-state index in [1.165, 1.54) is 15.3 Å². The van der Waals surface area contributed by atoms with Crippen LogP contribution in [0.1, 0.15) is 38.6 Å². The van der Waals surface area contributed by atoms with Crippen LogP contribution >= 0.6 is 27.3 Å². The Hall–Kier alpha value is -1.40. The molecular weight excluding hydrogens is 340 g/mol. The number of anilines is 1. The number of halogens is 1. The van der Waals surface area contributed by atoms with Gasteiger partial charge in [-0.15, -0.1) is 11.3 Å². The first-order valence-corrected chi connectivity index (χ1v) is 7.71. The van der Waals surface area contributed by atoms with Crippen LogP contribution in [0.5, 0.6) is 0 Å². The van der Waals surface area contributed by atoms with Gasteiger partial charge in [-0.2, -0.15) is 0 Å². The van der Waals surface area contributed by atoms with Crippen molar-refractivity contribution in [2.24, 2.45) is 0 Å². The van der Waals surface area contributed by atoms with Gasteiger partial charge in [0.1, 0.15) is 11.4 Å². The average Bonchev–Trinajstić information content (AvgIpc) is 2.70. The van der Waals surface area contributed by atoms with E-state index >= 15 is 0 Å². The van der Waals surface area contributed by atoms with Crippen LogP contribution in [0.2, 0.25) is 0 Å². The van der Waals surface area contributed by atoms with E-state index < -0.39 is 5.97 Å². The number of nitrogens with one attached hydrogen (secondary N) is 1. The number of rotatable bonds is 4. The summed E-state index contributed by atoms with van der Waals surface area (Å²) >= 11 is 4.98. The summed E-state index contributed by atoms with van der Waals surface area (Å²) in [6, 6.07) is 3.68. The summed E-state index contributed by atoms with van der Waals surface area (Å²) in [5.74, 6) is -0.608. The number of thiophene rings is 1. The molecule has 4 nitrogen and oxygen atoms in total. The third kappa shape index (κ3) is 3.19. The topological polar surface area (TPSA) is 62.2 Å². The predicted molar refractivity (Wildman–Crippen MR) is 84.7 cm³/mol. The molecule has 0 bridgehead atoms. The molecule has 1 atom stereocenters. The Morgan fingerprint density at radius 2 is 2.15 bits per heavy atom. The summed E-state index contributed by atoms with van der Waals surface area (Å²) in [6.07, 6.45) is 1.59. The Morgan fingerprint density at radius 3 is 2.70 bits per heavy atom. The number of aryl methyl sites for hydroxylation is 2. The number of aromatic carboxylic acids is 1. The Bertz CT molecular complexity index is 655. The van der Waals surface area contributed by atoms with Gasteiger partial charge in [-0.05, 0) is 54.4 Å². The molecule has 0 saturated heterocycles. The first kappa shape index (κ1) is 15.0. The maximum atomic E-state index is 11.3. The standard InChI is InChI=1S/C14H15BrN2O2S/c1-7-4-11(9(3)20-7)8(2)17-13-12(14(18)19)5-10(15)6-16-13/h4-6,8H,1-3H3,(H,16,17)(H,18,19). The molecule has 20 heavy (non-hydrogen) atoms. The Balaban J connectivity index is 2.30. The van der Waals surface area contributed by atoms with E-state index in [4.69, 9.17) is 0 Å². The smallest absolute Gasteiger partial charge is 0.339 e. The predicted octanol–water partition coefficient (Wildman–Crippen LogP) is 4.39. The molecule has 2 aromatic heterocycles. The van der Waals surface area contributed by atoms with Gasteiger partial charge in [0.05, 0.1) is 6.04 Å². The van der Waals surface area contributed by atoms with E-state index in [0.29, 0.717) is 10.3 Å². The van der Waals surface area contributed by atoms with Crippen LogP contribution < -0.4 is 5.32 Å². The number of carbonyl (C=O) groups is 1. The van der Waals surface area contributed by atoms with Crippen LogP contribution in [-0.4, -0.2) is 16.1 Å². The van der Waals surface area contributed by atoms with E-state index in [1.807, 2.05) is 6.92 Å². The zero-order chi connectivity index (χ0) is 14.9. The monoisotopic (exact) mass is 354 g/mol. The Labute approximate surface area is 130 Å². The van der Waals surface area contributed by atoms with Crippen molar-refractivity contribution >= 4 is 39.1 Å². The van der Waals surface area contributed by atoms with Crippen molar-refractivity contribution in [3.8, 4) is 0 Å². The van der Waals surface area contributed by atoms with Crippen LogP contribution in [0, 0.1) is 13.8 Å². The number of hydrogen-bond acceptors (Lipinski definition) is 4. The molecule has 0 aromatic carbocycles. The second kappa shape index (κ2) is 5.93. The molecule has 1 unspecified atom stereocenters. The summed E-state index contributed by atoms with van der Waals surface area (Å²) in [6.45, 7) is 6.14. The van der Waals surface area contributed by atoms with Crippen molar-refractivity contribution in [1.29, 1.82) is 0 Å². The number of aromatic nitrogens is 1. The van der Waals surface area contributed by atoms with E-state index in [9.17, 15) is 9.90 Å². The molecule has 6 heteroatoms. The maximum Gasteiger partial charge on any atom is 0.339 e. The molecule has 2 aromatic rings. The molecule has 0 amide bonds. The maximum absolute atomic E-state index is 11.3. The van der Waals surface area contributed by atoms with Gasteiger partial charge in [0, 0.05) is 20.4 Å². The number of carboxylic acid groups (broad SMARTS) is 1. The van der Waals surface area contributed by atoms with Crippen molar-refractivity contribution in [3.05, 3.63) is 43.7 Å². The lowest BCUT2D eigenvalue weighted by atomic mass is 10.1. The van der Waals surface area contributed by atoms with Crippen LogP contribution in [-0.2, 0) is 0 Å². The highest BCUT2D eigenvalue weighted by Crippen LogP contribution is 2.29. The second-order valence-corrected chi connectivity index (χ2v) is 6.97. The highest BCUT2D eigenvalue weighted by atomic mass is 79.9. The highest BCUT2D eigenvalue weighted by Gasteiger charge is 2.17. The van der Waals surface area contributed by atoms with Crippen molar-refractivity contribution in [3.63, 3.8) is 0 Å². The molecule has 0 radical (unpaired) electrons. The van der Waals surface area contributed by atoms with Crippen LogP contribution in [0.4, 0.5) is 5.82 Å². The van der Waals surface area contributed by atoms with Crippen molar-refractivity contribution in [2.45, 2.75) is 26.8 Å². The first-order chi connectivity index (χ1) is 9.38. The summed E-state index contributed by atoms with van der Waals surface area (Å²) in [5, 5.41) is 12.4. The third-order valence-corrected chi connectivity index (χ3v) is 4.40. The van der Waals surface area contributed by atoms with Crippen molar-refractivity contribution in [2.75, 3.05) is 5.32 Å². The molecule has 106 valence electrons. The van der Waals surface area contributed by atoms with E-state index in [1.54, 1.807) is 23.6 Å². The minimum Gasteiger partial charge on any atom is -0.478 e. The zero-order valence-electron chi connectivity index (χ0n) is 11.4. The van der Waals surface area contributed by atoms with Crippen molar-refractivity contribution in [1.82, 2.24) is 4.98 Å². The van der Waals surface area contributed by atoms with Gasteiger partial charge in [0.25, 0.3) is 0 Å². The molecule has 2 N–H and O–H groups in total. The lowest BCUT2D eigenvalue weighted by molar-refractivity contribution is 0.0697. The zero-order valence-corrected chi connectivity index (χ0v) is 13.8. The quantitative estimate of drug-likeness (QED) is 0.854. The second-order valence-electron chi connectivity index (χ2n) is 4.59. The summed E-state index contributed by atoms with van der Waals surface area (Å²) in [5.41, 5.74) is 1.34. The summed E-state index contributed by atoms with van der Waals surface area (Å²) in [7, 11) is 0. The normalized spacial score (nSPS) is 12.2. The van der Waals surface area contributed by atoms with Crippen LogP contribution in [0.15, 0.2) is 22.8 Å². The number of pyridine rings is 1. The lowest BCUT2D eigenvalue weighted by Crippen LogP contribution is -2.12. The molecular formula is C14H15BrN2O2S. The largest absolute Gasteiger partial charge is 0.478 e. The van der Waals surface area contributed by atoms with Gasteiger partial charge in [0.15, 0.2) is 0 Å². The molecule has 0 spiro atoms. The third-order valence-electron chi connectivity index (χ3n) is 2.98. The molecule has 0 saturated carbocycles. The van der Waals surface area contributed by atoms with E-state index in [0.717, 1.165) is 0 Å².